The molecule has 0 unspecified atom stereocenters. The van der Waals surface area contributed by atoms with Crippen molar-refractivity contribution in [1.29, 1.82) is 0 Å². The van der Waals surface area contributed by atoms with Gasteiger partial charge in [-0.05, 0) is 43.5 Å². The molecule has 3 amide bonds. The fourth-order valence-corrected chi connectivity index (χ4v) is 3.16. The quantitative estimate of drug-likeness (QED) is 0.818. The van der Waals surface area contributed by atoms with Crippen molar-refractivity contribution in [1.82, 2.24) is 5.32 Å². The van der Waals surface area contributed by atoms with E-state index in [0.29, 0.717) is 18.7 Å². The van der Waals surface area contributed by atoms with Crippen LogP contribution in [0.5, 0.6) is 0 Å². The van der Waals surface area contributed by atoms with Gasteiger partial charge in [-0.25, -0.2) is 0 Å². The second kappa shape index (κ2) is 8.03. The number of carbonyl (C=O) groups excluding carboxylic acids is 3. The molecule has 2 aromatic rings. The van der Waals surface area contributed by atoms with E-state index >= 15 is 0 Å². The number of benzene rings is 2. The van der Waals surface area contributed by atoms with Gasteiger partial charge in [0.25, 0.3) is 0 Å². The normalized spacial score (nSPS) is 14.7. The predicted octanol–water partition coefficient (Wildman–Crippen LogP) is 2.94. The first-order valence-electron chi connectivity index (χ1n) is 9.03. The standard InChI is InChI=1S/C21H23N3O3/c1-14-10-11-17(13-18(14)24-12-6-9-19(24)25)23-21(27)20(26)22-15(2)16-7-4-3-5-8-16/h3-5,7-8,10-11,13,15H,6,9,12H2,1-2H3,(H,22,26)(H,23,27)/t15-/m0/s1. The summed E-state index contributed by atoms with van der Waals surface area (Å²) in [6.45, 7) is 4.41. The van der Waals surface area contributed by atoms with E-state index in [9.17, 15) is 14.4 Å². The van der Waals surface area contributed by atoms with Crippen LogP contribution in [0.3, 0.4) is 0 Å². The smallest absolute Gasteiger partial charge is 0.313 e. The SMILES string of the molecule is Cc1ccc(NC(=O)C(=O)N[C@@H](C)c2ccccc2)cc1N1CCCC1=O. The highest BCUT2D eigenvalue weighted by Crippen LogP contribution is 2.28. The predicted molar refractivity (Wildman–Crippen MR) is 104 cm³/mol. The van der Waals surface area contributed by atoms with Gasteiger partial charge in [0.1, 0.15) is 0 Å². The first-order valence-corrected chi connectivity index (χ1v) is 9.03. The van der Waals surface area contributed by atoms with E-state index in [1.54, 1.807) is 17.0 Å². The zero-order valence-corrected chi connectivity index (χ0v) is 15.5. The summed E-state index contributed by atoms with van der Waals surface area (Å²) >= 11 is 0. The van der Waals surface area contributed by atoms with Crippen LogP contribution in [0.1, 0.15) is 36.9 Å². The zero-order valence-electron chi connectivity index (χ0n) is 15.5. The van der Waals surface area contributed by atoms with Gasteiger partial charge in [0.15, 0.2) is 0 Å². The molecule has 1 aliphatic heterocycles. The largest absolute Gasteiger partial charge is 0.341 e. The Labute approximate surface area is 158 Å². The molecule has 0 aliphatic carbocycles. The highest BCUT2D eigenvalue weighted by atomic mass is 16.2. The van der Waals surface area contributed by atoms with Crippen LogP contribution in [0, 0.1) is 6.92 Å². The van der Waals surface area contributed by atoms with Crippen LogP contribution in [0.2, 0.25) is 0 Å². The van der Waals surface area contributed by atoms with Crippen molar-refractivity contribution in [2.24, 2.45) is 0 Å². The van der Waals surface area contributed by atoms with Crippen LogP contribution in [0.4, 0.5) is 11.4 Å². The summed E-state index contributed by atoms with van der Waals surface area (Å²) in [5, 5.41) is 5.30. The third-order valence-corrected chi connectivity index (χ3v) is 4.68. The average Bonchev–Trinajstić information content (AvgIpc) is 3.09. The second-order valence-electron chi connectivity index (χ2n) is 6.71. The number of nitrogens with one attached hydrogen (secondary N) is 2. The first-order chi connectivity index (χ1) is 13.0. The van der Waals surface area contributed by atoms with Crippen LogP contribution in [-0.2, 0) is 14.4 Å². The molecule has 0 bridgehead atoms. The number of aryl methyl sites for hydroxylation is 1. The molecule has 27 heavy (non-hydrogen) atoms. The molecule has 3 rings (SSSR count). The number of hydrogen-bond donors (Lipinski definition) is 2. The summed E-state index contributed by atoms with van der Waals surface area (Å²) < 4.78 is 0. The lowest BCUT2D eigenvalue weighted by molar-refractivity contribution is -0.136. The van der Waals surface area contributed by atoms with Gasteiger partial charge in [-0.3, -0.25) is 14.4 Å². The van der Waals surface area contributed by atoms with Crippen molar-refractivity contribution >= 4 is 29.1 Å². The third-order valence-electron chi connectivity index (χ3n) is 4.68. The Balaban J connectivity index is 1.67. The van der Waals surface area contributed by atoms with E-state index in [4.69, 9.17) is 0 Å². The average molecular weight is 365 g/mol. The van der Waals surface area contributed by atoms with Gasteiger partial charge in [0.05, 0.1) is 6.04 Å². The second-order valence-corrected chi connectivity index (χ2v) is 6.71. The maximum atomic E-state index is 12.3. The van der Waals surface area contributed by atoms with Gasteiger partial charge < -0.3 is 15.5 Å². The van der Waals surface area contributed by atoms with Crippen molar-refractivity contribution in [3.8, 4) is 0 Å². The van der Waals surface area contributed by atoms with E-state index in [1.807, 2.05) is 50.2 Å². The molecule has 0 saturated carbocycles. The van der Waals surface area contributed by atoms with Crippen molar-refractivity contribution in [2.45, 2.75) is 32.7 Å². The molecule has 140 valence electrons. The monoisotopic (exact) mass is 365 g/mol. The molecular weight excluding hydrogens is 342 g/mol. The molecular formula is C21H23N3O3. The lowest BCUT2D eigenvalue weighted by atomic mass is 10.1. The number of anilines is 2. The zero-order chi connectivity index (χ0) is 19.4. The van der Waals surface area contributed by atoms with E-state index in [0.717, 1.165) is 23.2 Å². The Kier molecular flexibility index (Phi) is 5.54. The summed E-state index contributed by atoms with van der Waals surface area (Å²) in [7, 11) is 0. The molecule has 1 aliphatic rings. The Morgan fingerprint density at radius 1 is 1.07 bits per heavy atom. The first kappa shape index (κ1) is 18.6. The van der Waals surface area contributed by atoms with Crippen molar-refractivity contribution < 1.29 is 14.4 Å². The molecule has 2 aromatic carbocycles. The summed E-state index contributed by atoms with van der Waals surface area (Å²) in [6.07, 6.45) is 1.37. The van der Waals surface area contributed by atoms with Crippen LogP contribution < -0.4 is 15.5 Å². The molecule has 1 heterocycles. The Hall–Kier alpha value is -3.15. The number of hydrogen-bond acceptors (Lipinski definition) is 3. The summed E-state index contributed by atoms with van der Waals surface area (Å²) in [5.74, 6) is -1.36. The van der Waals surface area contributed by atoms with Gasteiger partial charge in [0, 0.05) is 24.3 Å². The summed E-state index contributed by atoms with van der Waals surface area (Å²) in [5.41, 5.74) is 3.13. The topological polar surface area (TPSA) is 78.5 Å². The maximum absolute atomic E-state index is 12.3. The van der Waals surface area contributed by atoms with Crippen molar-refractivity contribution in [3.63, 3.8) is 0 Å². The third kappa shape index (κ3) is 4.34. The van der Waals surface area contributed by atoms with Crippen LogP contribution in [-0.4, -0.2) is 24.3 Å². The van der Waals surface area contributed by atoms with Gasteiger partial charge in [-0.2, -0.15) is 0 Å². The molecule has 1 atom stereocenters. The van der Waals surface area contributed by atoms with Gasteiger partial charge in [0.2, 0.25) is 5.91 Å². The lowest BCUT2D eigenvalue weighted by Gasteiger charge is -2.19. The number of rotatable bonds is 4. The van der Waals surface area contributed by atoms with Crippen LogP contribution >= 0.6 is 0 Å². The van der Waals surface area contributed by atoms with Crippen LogP contribution in [0.15, 0.2) is 48.5 Å². The van der Waals surface area contributed by atoms with Gasteiger partial charge in [-0.15, -0.1) is 0 Å². The van der Waals surface area contributed by atoms with E-state index in [1.165, 1.54) is 0 Å². The minimum atomic E-state index is -0.736. The Morgan fingerprint density at radius 2 is 1.81 bits per heavy atom. The minimum Gasteiger partial charge on any atom is -0.341 e. The highest BCUT2D eigenvalue weighted by molar-refractivity contribution is 6.39. The Bertz CT molecular complexity index is 864. The minimum absolute atomic E-state index is 0.0796. The van der Waals surface area contributed by atoms with E-state index < -0.39 is 11.8 Å². The van der Waals surface area contributed by atoms with E-state index in [-0.39, 0.29) is 11.9 Å². The summed E-state index contributed by atoms with van der Waals surface area (Å²) in [6, 6.07) is 14.5. The lowest BCUT2D eigenvalue weighted by Crippen LogP contribution is -2.37. The molecule has 0 spiro atoms. The van der Waals surface area contributed by atoms with Crippen molar-refractivity contribution in [3.05, 3.63) is 59.7 Å². The molecule has 6 nitrogen and oxygen atoms in total. The van der Waals surface area contributed by atoms with E-state index in [2.05, 4.69) is 10.6 Å². The fourth-order valence-electron chi connectivity index (χ4n) is 3.16. The number of carbonyl (C=O) groups is 3. The molecule has 0 aromatic heterocycles. The van der Waals surface area contributed by atoms with Gasteiger partial charge in [-0.1, -0.05) is 36.4 Å². The number of amides is 3. The highest BCUT2D eigenvalue weighted by Gasteiger charge is 2.24. The molecule has 6 heteroatoms. The fraction of sp³-hybridized carbons (Fsp3) is 0.286. The van der Waals surface area contributed by atoms with Gasteiger partial charge >= 0.3 is 11.8 Å². The molecule has 0 radical (unpaired) electrons. The molecule has 2 N–H and O–H groups in total. The Morgan fingerprint density at radius 3 is 2.48 bits per heavy atom. The summed E-state index contributed by atoms with van der Waals surface area (Å²) in [4.78, 5) is 38.2. The maximum Gasteiger partial charge on any atom is 0.313 e. The molecule has 1 fully saturated rings. The number of nitrogens with zero attached hydrogens (tertiary/aromatic N) is 1. The van der Waals surface area contributed by atoms with Crippen molar-refractivity contribution in [2.75, 3.05) is 16.8 Å². The van der Waals surface area contributed by atoms with Crippen LogP contribution in [0.25, 0.3) is 0 Å². The molecule has 1 saturated heterocycles.